The maximum atomic E-state index is 5.23. The molecular weight excluding hydrogens is 220 g/mol. The van der Waals surface area contributed by atoms with E-state index in [9.17, 15) is 0 Å². The fourth-order valence-electron chi connectivity index (χ4n) is 1.86. The lowest BCUT2D eigenvalue weighted by atomic mass is 10.1. The van der Waals surface area contributed by atoms with Crippen molar-refractivity contribution < 1.29 is 4.57 Å². The molecular formula is C16H17N2+. The van der Waals surface area contributed by atoms with Crippen LogP contribution in [0, 0.1) is 12.3 Å². The molecule has 0 aliphatic heterocycles. The van der Waals surface area contributed by atoms with Gasteiger partial charge in [0.15, 0.2) is 12.4 Å². The van der Waals surface area contributed by atoms with E-state index in [0.717, 1.165) is 25.8 Å². The standard InChI is InChI=1S/C16H17N2/c1-2-3-4-5-12-18-13-8-16(9-14-18)15-6-10-17-11-7-15/h1,6-11,13-14H,3-5,12H2/q+1. The van der Waals surface area contributed by atoms with Crippen molar-refractivity contribution in [1.82, 2.24) is 4.98 Å². The van der Waals surface area contributed by atoms with Crippen LogP contribution >= 0.6 is 0 Å². The highest BCUT2D eigenvalue weighted by Crippen LogP contribution is 2.15. The van der Waals surface area contributed by atoms with Crippen LogP contribution in [0.4, 0.5) is 0 Å². The molecule has 0 N–H and O–H groups in total. The van der Waals surface area contributed by atoms with E-state index < -0.39 is 0 Å². The predicted octanol–water partition coefficient (Wildman–Crippen LogP) is 2.84. The van der Waals surface area contributed by atoms with Gasteiger partial charge in [0.05, 0.1) is 0 Å². The first-order chi connectivity index (χ1) is 8.90. The molecule has 0 radical (unpaired) electrons. The number of nitrogens with zero attached hydrogens (tertiary/aromatic N) is 2. The summed E-state index contributed by atoms with van der Waals surface area (Å²) in [5, 5.41) is 0. The zero-order chi connectivity index (χ0) is 12.6. The number of hydrogen-bond acceptors (Lipinski definition) is 1. The molecule has 0 amide bonds. The Morgan fingerprint density at radius 1 is 1.00 bits per heavy atom. The Hall–Kier alpha value is -2.14. The highest BCUT2D eigenvalue weighted by Gasteiger charge is 2.02. The van der Waals surface area contributed by atoms with Gasteiger partial charge >= 0.3 is 0 Å². The van der Waals surface area contributed by atoms with Gasteiger partial charge in [-0.25, -0.2) is 4.57 Å². The lowest BCUT2D eigenvalue weighted by molar-refractivity contribution is -0.697. The Morgan fingerprint density at radius 3 is 2.33 bits per heavy atom. The molecule has 2 heteroatoms. The summed E-state index contributed by atoms with van der Waals surface area (Å²) in [7, 11) is 0. The predicted molar refractivity (Wildman–Crippen MR) is 72.6 cm³/mol. The first-order valence-corrected chi connectivity index (χ1v) is 6.23. The van der Waals surface area contributed by atoms with Crippen molar-refractivity contribution in [1.29, 1.82) is 0 Å². The summed E-state index contributed by atoms with van der Waals surface area (Å²) >= 11 is 0. The van der Waals surface area contributed by atoms with Crippen LogP contribution in [-0.2, 0) is 6.54 Å². The van der Waals surface area contributed by atoms with E-state index >= 15 is 0 Å². The van der Waals surface area contributed by atoms with Crippen LogP contribution in [0.25, 0.3) is 11.1 Å². The summed E-state index contributed by atoms with van der Waals surface area (Å²) in [5.74, 6) is 2.67. The van der Waals surface area contributed by atoms with E-state index in [1.807, 2.05) is 24.5 Å². The third-order valence-electron chi connectivity index (χ3n) is 2.89. The fourth-order valence-corrected chi connectivity index (χ4v) is 1.86. The molecule has 0 atom stereocenters. The van der Waals surface area contributed by atoms with Crippen LogP contribution in [0.15, 0.2) is 49.1 Å². The molecule has 2 aromatic rings. The average molecular weight is 237 g/mol. The molecule has 0 aliphatic rings. The number of pyridine rings is 2. The quantitative estimate of drug-likeness (QED) is 0.444. The Bertz CT molecular complexity index is 509. The number of aromatic nitrogens is 2. The van der Waals surface area contributed by atoms with Gasteiger partial charge in [0.1, 0.15) is 6.54 Å². The van der Waals surface area contributed by atoms with Crippen molar-refractivity contribution in [3.8, 4) is 23.5 Å². The molecule has 2 rings (SSSR count). The normalized spacial score (nSPS) is 9.94. The van der Waals surface area contributed by atoms with E-state index in [2.05, 4.69) is 40.0 Å². The molecule has 0 fully saturated rings. The first-order valence-electron chi connectivity index (χ1n) is 6.23. The van der Waals surface area contributed by atoms with Crippen molar-refractivity contribution in [2.45, 2.75) is 25.8 Å². The summed E-state index contributed by atoms with van der Waals surface area (Å²) in [5.41, 5.74) is 2.42. The lowest BCUT2D eigenvalue weighted by Crippen LogP contribution is -2.32. The van der Waals surface area contributed by atoms with Gasteiger partial charge in [-0.2, -0.15) is 0 Å². The topological polar surface area (TPSA) is 16.8 Å². The first kappa shape index (κ1) is 12.3. The summed E-state index contributed by atoms with van der Waals surface area (Å²) in [4.78, 5) is 4.03. The minimum atomic E-state index is 0.871. The number of aryl methyl sites for hydroxylation is 1. The third-order valence-corrected chi connectivity index (χ3v) is 2.89. The van der Waals surface area contributed by atoms with Gasteiger partial charge in [-0.1, -0.05) is 0 Å². The Morgan fingerprint density at radius 2 is 1.67 bits per heavy atom. The van der Waals surface area contributed by atoms with Gasteiger partial charge in [0.25, 0.3) is 0 Å². The summed E-state index contributed by atoms with van der Waals surface area (Å²) in [6.45, 7) is 1.03. The monoisotopic (exact) mass is 237 g/mol. The van der Waals surface area contributed by atoms with Crippen LogP contribution in [0.5, 0.6) is 0 Å². The van der Waals surface area contributed by atoms with Crippen molar-refractivity contribution in [2.24, 2.45) is 0 Å². The summed E-state index contributed by atoms with van der Waals surface area (Å²) < 4.78 is 2.20. The fraction of sp³-hybridized carbons (Fsp3) is 0.250. The minimum absolute atomic E-state index is 0.871. The van der Waals surface area contributed by atoms with Crippen LogP contribution in [0.3, 0.4) is 0 Å². The van der Waals surface area contributed by atoms with E-state index in [-0.39, 0.29) is 0 Å². The van der Waals surface area contributed by atoms with Gasteiger partial charge in [-0.3, -0.25) is 4.98 Å². The minimum Gasteiger partial charge on any atom is -0.265 e. The Balaban J connectivity index is 1.96. The highest BCUT2D eigenvalue weighted by atomic mass is 14.9. The van der Waals surface area contributed by atoms with Crippen LogP contribution in [-0.4, -0.2) is 4.98 Å². The maximum absolute atomic E-state index is 5.23. The largest absolute Gasteiger partial charge is 0.265 e. The van der Waals surface area contributed by atoms with Gasteiger partial charge in [0, 0.05) is 37.4 Å². The second-order valence-electron chi connectivity index (χ2n) is 4.22. The molecule has 90 valence electrons. The van der Waals surface area contributed by atoms with E-state index in [1.165, 1.54) is 11.1 Å². The average Bonchev–Trinajstić information content (AvgIpc) is 2.45. The van der Waals surface area contributed by atoms with Crippen molar-refractivity contribution in [2.75, 3.05) is 0 Å². The smallest absolute Gasteiger partial charge is 0.169 e. The van der Waals surface area contributed by atoms with Gasteiger partial charge in [-0.05, 0) is 29.7 Å². The van der Waals surface area contributed by atoms with E-state index in [1.54, 1.807) is 0 Å². The summed E-state index contributed by atoms with van der Waals surface area (Å²) in [6, 6.07) is 8.31. The molecule has 2 nitrogen and oxygen atoms in total. The van der Waals surface area contributed by atoms with Gasteiger partial charge in [0.2, 0.25) is 0 Å². The molecule has 2 heterocycles. The van der Waals surface area contributed by atoms with E-state index in [0.29, 0.717) is 0 Å². The van der Waals surface area contributed by atoms with Gasteiger partial charge < -0.3 is 0 Å². The molecule has 0 unspecified atom stereocenters. The van der Waals surface area contributed by atoms with Crippen molar-refractivity contribution in [3.63, 3.8) is 0 Å². The third kappa shape index (κ3) is 3.43. The maximum Gasteiger partial charge on any atom is 0.169 e. The molecule has 18 heavy (non-hydrogen) atoms. The molecule has 0 saturated heterocycles. The van der Waals surface area contributed by atoms with Gasteiger partial charge in [-0.15, -0.1) is 12.3 Å². The summed E-state index contributed by atoms with van der Waals surface area (Å²) in [6.07, 6.45) is 16.2. The molecule has 0 spiro atoms. The second kappa shape index (κ2) is 6.56. The molecule has 0 saturated carbocycles. The van der Waals surface area contributed by atoms with Crippen LogP contribution in [0.2, 0.25) is 0 Å². The molecule has 0 aromatic carbocycles. The van der Waals surface area contributed by atoms with Crippen molar-refractivity contribution in [3.05, 3.63) is 49.1 Å². The van der Waals surface area contributed by atoms with E-state index in [4.69, 9.17) is 6.42 Å². The van der Waals surface area contributed by atoms with Crippen LogP contribution in [0.1, 0.15) is 19.3 Å². The molecule has 2 aromatic heterocycles. The Labute approximate surface area is 108 Å². The highest BCUT2D eigenvalue weighted by molar-refractivity contribution is 5.61. The zero-order valence-electron chi connectivity index (χ0n) is 10.4. The molecule has 0 bridgehead atoms. The number of terminal acetylenes is 1. The number of unbranched alkanes of at least 4 members (excludes halogenated alkanes) is 2. The number of hydrogen-bond donors (Lipinski definition) is 0. The van der Waals surface area contributed by atoms with Crippen LogP contribution < -0.4 is 4.57 Å². The second-order valence-corrected chi connectivity index (χ2v) is 4.22. The zero-order valence-corrected chi connectivity index (χ0v) is 10.4. The Kier molecular flexibility index (Phi) is 4.49. The van der Waals surface area contributed by atoms with Crippen molar-refractivity contribution >= 4 is 0 Å². The lowest BCUT2D eigenvalue weighted by Gasteiger charge is -2.00. The molecule has 0 aliphatic carbocycles. The SMILES string of the molecule is C#CCCCC[n+]1ccc(-c2ccncc2)cc1. The number of rotatable bonds is 5.